The molecule has 0 atom stereocenters. The number of hydrogen-bond donors (Lipinski definition) is 1. The molecule has 1 aliphatic carbocycles. The maximum Gasteiger partial charge on any atom is 0.223 e. The Morgan fingerprint density at radius 2 is 1.95 bits per heavy atom. The van der Waals surface area contributed by atoms with Crippen LogP contribution in [-0.4, -0.2) is 33.7 Å². The molecule has 1 aromatic carbocycles. The second-order valence-corrected chi connectivity index (χ2v) is 7.03. The van der Waals surface area contributed by atoms with Gasteiger partial charge in [-0.25, -0.2) is 8.42 Å². The van der Waals surface area contributed by atoms with Gasteiger partial charge in [0, 0.05) is 12.2 Å². The molecular weight excluding hydrogens is 278 g/mol. The normalized spacial score (nSPS) is 15.4. The first-order valence-corrected chi connectivity index (χ1v) is 8.56. The summed E-state index contributed by atoms with van der Waals surface area (Å²) >= 11 is 0. The Labute approximate surface area is 119 Å². The van der Waals surface area contributed by atoms with Crippen molar-refractivity contribution in [2.45, 2.75) is 24.2 Å². The zero-order chi connectivity index (χ0) is 14.6. The second kappa shape index (κ2) is 6.26. The van der Waals surface area contributed by atoms with Crippen molar-refractivity contribution >= 4 is 15.7 Å². The largest absolute Gasteiger partial charge is 0.492 e. The van der Waals surface area contributed by atoms with Gasteiger partial charge in [0.05, 0.1) is 11.4 Å². The van der Waals surface area contributed by atoms with Gasteiger partial charge in [-0.1, -0.05) is 6.42 Å². The number of sulfone groups is 1. The Kier molecular flexibility index (Phi) is 4.65. The topological polar surface area (TPSA) is 72.5 Å². The monoisotopic (exact) mass is 297 g/mol. The lowest BCUT2D eigenvalue weighted by molar-refractivity contribution is -0.127. The van der Waals surface area contributed by atoms with Crippen molar-refractivity contribution < 1.29 is 17.9 Å². The van der Waals surface area contributed by atoms with Crippen LogP contribution in [0.15, 0.2) is 29.2 Å². The summed E-state index contributed by atoms with van der Waals surface area (Å²) in [6.07, 6.45) is 4.28. The molecule has 0 aromatic heterocycles. The number of carbonyl (C=O) groups is 1. The van der Waals surface area contributed by atoms with Crippen LogP contribution in [0.4, 0.5) is 0 Å². The SMILES string of the molecule is CS(=O)(=O)c1ccc(OCCNC(=O)C2CCC2)cc1. The van der Waals surface area contributed by atoms with E-state index in [1.54, 1.807) is 12.1 Å². The van der Waals surface area contributed by atoms with Gasteiger partial charge in [0.25, 0.3) is 0 Å². The Bertz CT molecular complexity index is 561. The van der Waals surface area contributed by atoms with Gasteiger partial charge in [0.2, 0.25) is 5.91 Å². The van der Waals surface area contributed by atoms with Crippen LogP contribution in [0.25, 0.3) is 0 Å². The lowest BCUT2D eigenvalue weighted by Gasteiger charge is -2.23. The molecule has 0 bridgehead atoms. The molecule has 110 valence electrons. The van der Waals surface area contributed by atoms with Crippen molar-refractivity contribution in [3.63, 3.8) is 0 Å². The lowest BCUT2D eigenvalue weighted by Crippen LogP contribution is -2.36. The molecule has 1 aliphatic rings. The van der Waals surface area contributed by atoms with E-state index >= 15 is 0 Å². The number of benzene rings is 1. The highest BCUT2D eigenvalue weighted by Crippen LogP contribution is 2.26. The predicted octanol–water partition coefficient (Wildman–Crippen LogP) is 1.39. The Balaban J connectivity index is 1.72. The third-order valence-electron chi connectivity index (χ3n) is 3.40. The van der Waals surface area contributed by atoms with E-state index in [1.807, 2.05) is 0 Å². The summed E-state index contributed by atoms with van der Waals surface area (Å²) in [5.41, 5.74) is 0. The van der Waals surface area contributed by atoms with Crippen molar-refractivity contribution in [1.82, 2.24) is 5.32 Å². The molecule has 0 heterocycles. The molecule has 20 heavy (non-hydrogen) atoms. The third kappa shape index (κ3) is 3.96. The minimum absolute atomic E-state index is 0.104. The fourth-order valence-corrected chi connectivity index (χ4v) is 2.57. The van der Waals surface area contributed by atoms with E-state index in [-0.39, 0.29) is 16.7 Å². The van der Waals surface area contributed by atoms with Gasteiger partial charge in [0.15, 0.2) is 9.84 Å². The van der Waals surface area contributed by atoms with Crippen molar-refractivity contribution in [2.75, 3.05) is 19.4 Å². The summed E-state index contributed by atoms with van der Waals surface area (Å²) in [4.78, 5) is 11.8. The second-order valence-electron chi connectivity index (χ2n) is 5.01. The molecule has 1 saturated carbocycles. The Hall–Kier alpha value is -1.56. The van der Waals surface area contributed by atoms with Crippen LogP contribution in [0.2, 0.25) is 0 Å². The van der Waals surface area contributed by atoms with E-state index in [0.717, 1.165) is 19.3 Å². The van der Waals surface area contributed by atoms with Gasteiger partial charge in [-0.2, -0.15) is 0 Å². The Morgan fingerprint density at radius 1 is 1.30 bits per heavy atom. The minimum Gasteiger partial charge on any atom is -0.492 e. The van der Waals surface area contributed by atoms with E-state index in [9.17, 15) is 13.2 Å². The average molecular weight is 297 g/mol. The number of ether oxygens (including phenoxy) is 1. The van der Waals surface area contributed by atoms with Crippen LogP contribution in [0.1, 0.15) is 19.3 Å². The van der Waals surface area contributed by atoms with Gasteiger partial charge in [-0.15, -0.1) is 0 Å². The van der Waals surface area contributed by atoms with E-state index in [0.29, 0.717) is 18.9 Å². The molecular formula is C14H19NO4S. The summed E-state index contributed by atoms with van der Waals surface area (Å²) in [5, 5.41) is 2.83. The number of rotatable bonds is 6. The van der Waals surface area contributed by atoms with Crippen molar-refractivity contribution in [3.8, 4) is 5.75 Å². The van der Waals surface area contributed by atoms with Crippen molar-refractivity contribution in [3.05, 3.63) is 24.3 Å². The first kappa shape index (κ1) is 14.8. The molecule has 0 unspecified atom stereocenters. The maximum atomic E-state index is 11.6. The van der Waals surface area contributed by atoms with Gasteiger partial charge in [-0.05, 0) is 37.1 Å². The van der Waals surface area contributed by atoms with Crippen LogP contribution < -0.4 is 10.1 Å². The molecule has 0 saturated heterocycles. The van der Waals surface area contributed by atoms with Crippen LogP contribution >= 0.6 is 0 Å². The van der Waals surface area contributed by atoms with Crippen LogP contribution in [-0.2, 0) is 14.6 Å². The zero-order valence-electron chi connectivity index (χ0n) is 11.5. The molecule has 0 radical (unpaired) electrons. The van der Waals surface area contributed by atoms with E-state index in [1.165, 1.54) is 18.4 Å². The maximum absolute atomic E-state index is 11.6. The van der Waals surface area contributed by atoms with Crippen LogP contribution in [0, 0.1) is 5.92 Å². The first-order chi connectivity index (χ1) is 9.47. The Morgan fingerprint density at radius 3 is 2.45 bits per heavy atom. The van der Waals surface area contributed by atoms with Crippen LogP contribution in [0.5, 0.6) is 5.75 Å². The van der Waals surface area contributed by atoms with Crippen LogP contribution in [0.3, 0.4) is 0 Å². The molecule has 1 amide bonds. The number of carbonyl (C=O) groups excluding carboxylic acids is 1. The predicted molar refractivity (Wildman–Crippen MR) is 75.4 cm³/mol. The summed E-state index contributed by atoms with van der Waals surface area (Å²) in [7, 11) is -3.17. The molecule has 6 heteroatoms. The fourth-order valence-electron chi connectivity index (χ4n) is 1.94. The van der Waals surface area contributed by atoms with E-state index in [4.69, 9.17) is 4.74 Å². The summed E-state index contributed by atoms with van der Waals surface area (Å²) in [6.45, 7) is 0.833. The molecule has 5 nitrogen and oxygen atoms in total. The molecule has 1 aromatic rings. The van der Waals surface area contributed by atoms with Crippen molar-refractivity contribution in [2.24, 2.45) is 5.92 Å². The molecule has 0 aliphatic heterocycles. The highest BCUT2D eigenvalue weighted by Gasteiger charge is 2.24. The lowest BCUT2D eigenvalue weighted by atomic mass is 9.85. The smallest absolute Gasteiger partial charge is 0.223 e. The molecule has 2 rings (SSSR count). The quantitative estimate of drug-likeness (QED) is 0.805. The number of nitrogens with one attached hydrogen (secondary N) is 1. The molecule has 0 spiro atoms. The fraction of sp³-hybridized carbons (Fsp3) is 0.500. The summed E-state index contributed by atoms with van der Waals surface area (Å²) in [6, 6.07) is 6.25. The third-order valence-corrected chi connectivity index (χ3v) is 4.53. The van der Waals surface area contributed by atoms with E-state index < -0.39 is 9.84 Å². The zero-order valence-corrected chi connectivity index (χ0v) is 12.3. The van der Waals surface area contributed by atoms with Gasteiger partial charge in [-0.3, -0.25) is 4.79 Å². The molecule has 1 fully saturated rings. The number of hydrogen-bond acceptors (Lipinski definition) is 4. The minimum atomic E-state index is -3.17. The highest BCUT2D eigenvalue weighted by molar-refractivity contribution is 7.90. The van der Waals surface area contributed by atoms with Gasteiger partial charge in [0.1, 0.15) is 12.4 Å². The number of amides is 1. The van der Waals surface area contributed by atoms with Gasteiger partial charge >= 0.3 is 0 Å². The summed E-state index contributed by atoms with van der Waals surface area (Å²) in [5.74, 6) is 0.881. The van der Waals surface area contributed by atoms with E-state index in [2.05, 4.69) is 5.32 Å². The van der Waals surface area contributed by atoms with Crippen molar-refractivity contribution in [1.29, 1.82) is 0 Å². The summed E-state index contributed by atoms with van der Waals surface area (Å²) < 4.78 is 28.0. The highest BCUT2D eigenvalue weighted by atomic mass is 32.2. The van der Waals surface area contributed by atoms with Gasteiger partial charge < -0.3 is 10.1 Å². The average Bonchev–Trinajstić information content (AvgIpc) is 2.32. The first-order valence-electron chi connectivity index (χ1n) is 6.67. The molecule has 1 N–H and O–H groups in total. The standard InChI is InChI=1S/C14H19NO4S/c1-20(17,18)13-7-5-12(6-8-13)19-10-9-15-14(16)11-3-2-4-11/h5-8,11H,2-4,9-10H2,1H3,(H,15,16).